The van der Waals surface area contributed by atoms with Gasteiger partial charge in [-0.15, -0.1) is 0 Å². The van der Waals surface area contributed by atoms with Crippen LogP contribution in [0.25, 0.3) is 11.1 Å². The van der Waals surface area contributed by atoms with Gasteiger partial charge in [-0.05, 0) is 24.3 Å². The van der Waals surface area contributed by atoms with Crippen molar-refractivity contribution < 1.29 is 0 Å². The van der Waals surface area contributed by atoms with Crippen molar-refractivity contribution in [1.29, 1.82) is 0 Å². The summed E-state index contributed by atoms with van der Waals surface area (Å²) in [5.74, 6) is 0. The summed E-state index contributed by atoms with van der Waals surface area (Å²) in [6.45, 7) is 0. The minimum atomic E-state index is 0.367. The molecule has 2 aromatic rings. The summed E-state index contributed by atoms with van der Waals surface area (Å²) in [5, 5.41) is 2.39. The van der Waals surface area contributed by atoms with E-state index in [9.17, 15) is 0 Å². The zero-order valence-corrected chi connectivity index (χ0v) is 13.1. The third-order valence-corrected chi connectivity index (χ3v) is 4.14. The number of hydrogen-bond acceptors (Lipinski definition) is 0. The Hall–Kier alpha value is 0.180. The SMILES string of the molecule is Clc1cc(Cl)c(-c2cc(Cl)c(Cl)cc2Cl)c(Cl)c1. The van der Waals surface area contributed by atoms with Gasteiger partial charge in [0, 0.05) is 16.1 Å². The highest BCUT2D eigenvalue weighted by molar-refractivity contribution is 6.46. The molecule has 18 heavy (non-hydrogen) atoms. The van der Waals surface area contributed by atoms with E-state index < -0.39 is 0 Å². The van der Waals surface area contributed by atoms with Gasteiger partial charge in [0.25, 0.3) is 0 Å². The quantitative estimate of drug-likeness (QED) is 0.469. The average Bonchev–Trinajstić information content (AvgIpc) is 2.24. The van der Waals surface area contributed by atoms with Crippen LogP contribution in [0.3, 0.4) is 0 Å². The summed E-state index contributed by atoms with van der Waals surface area (Å²) in [7, 11) is 0. The Labute approximate surface area is 134 Å². The van der Waals surface area contributed by atoms with Gasteiger partial charge in [0.05, 0.1) is 25.1 Å². The molecule has 0 nitrogen and oxygen atoms in total. The Morgan fingerprint density at radius 1 is 0.500 bits per heavy atom. The summed E-state index contributed by atoms with van der Waals surface area (Å²) in [5.41, 5.74) is 1.18. The van der Waals surface area contributed by atoms with Gasteiger partial charge in [0.1, 0.15) is 0 Å². The van der Waals surface area contributed by atoms with E-state index in [1.807, 2.05) is 0 Å². The number of benzene rings is 2. The van der Waals surface area contributed by atoms with E-state index in [-0.39, 0.29) is 0 Å². The molecule has 0 atom stereocenters. The van der Waals surface area contributed by atoms with Gasteiger partial charge in [-0.3, -0.25) is 0 Å². The molecule has 0 aliphatic heterocycles. The number of halogens is 6. The van der Waals surface area contributed by atoms with E-state index in [0.29, 0.717) is 41.3 Å². The lowest BCUT2D eigenvalue weighted by molar-refractivity contribution is 1.61. The minimum Gasteiger partial charge on any atom is -0.0842 e. The molecule has 0 N–H and O–H groups in total. The number of hydrogen-bond donors (Lipinski definition) is 0. The highest BCUT2D eigenvalue weighted by Crippen LogP contribution is 2.42. The van der Waals surface area contributed by atoms with Gasteiger partial charge in [0.2, 0.25) is 0 Å². The first kappa shape index (κ1) is 14.6. The van der Waals surface area contributed by atoms with Gasteiger partial charge in [-0.25, -0.2) is 0 Å². The van der Waals surface area contributed by atoms with E-state index in [0.717, 1.165) is 0 Å². The van der Waals surface area contributed by atoms with Crippen LogP contribution < -0.4 is 0 Å². The van der Waals surface area contributed by atoms with Gasteiger partial charge in [-0.2, -0.15) is 0 Å². The summed E-state index contributed by atoms with van der Waals surface area (Å²) >= 11 is 36.1. The fourth-order valence-electron chi connectivity index (χ4n) is 1.51. The van der Waals surface area contributed by atoms with Crippen LogP contribution in [-0.2, 0) is 0 Å². The van der Waals surface area contributed by atoms with Crippen LogP contribution in [0.5, 0.6) is 0 Å². The van der Waals surface area contributed by atoms with Crippen molar-refractivity contribution in [1.82, 2.24) is 0 Å². The predicted molar refractivity (Wildman–Crippen MR) is 81.9 cm³/mol. The van der Waals surface area contributed by atoms with Gasteiger partial charge in [0.15, 0.2) is 0 Å². The molecule has 6 heteroatoms. The van der Waals surface area contributed by atoms with Crippen LogP contribution >= 0.6 is 69.6 Å². The molecule has 94 valence electrons. The van der Waals surface area contributed by atoms with E-state index in [1.54, 1.807) is 24.3 Å². The fourth-order valence-corrected chi connectivity index (χ4v) is 3.18. The van der Waals surface area contributed by atoms with Gasteiger partial charge >= 0.3 is 0 Å². The molecular formula is C12H4Cl6. The lowest BCUT2D eigenvalue weighted by atomic mass is 10.1. The first-order valence-electron chi connectivity index (χ1n) is 4.69. The number of rotatable bonds is 1. The Kier molecular flexibility index (Phi) is 4.59. The van der Waals surface area contributed by atoms with Crippen molar-refractivity contribution in [3.05, 3.63) is 54.4 Å². The summed E-state index contributed by atoms with van der Waals surface area (Å²) in [4.78, 5) is 0. The van der Waals surface area contributed by atoms with Crippen LogP contribution in [0.15, 0.2) is 24.3 Å². The molecule has 0 amide bonds. The molecular weight excluding hydrogens is 357 g/mol. The highest BCUT2D eigenvalue weighted by atomic mass is 35.5. The molecule has 0 aliphatic carbocycles. The monoisotopic (exact) mass is 358 g/mol. The highest BCUT2D eigenvalue weighted by Gasteiger charge is 2.15. The second-order valence-corrected chi connectivity index (χ2v) is 5.96. The molecule has 0 aromatic heterocycles. The predicted octanol–water partition coefficient (Wildman–Crippen LogP) is 7.27. The largest absolute Gasteiger partial charge is 0.0842 e. The topological polar surface area (TPSA) is 0 Å². The maximum absolute atomic E-state index is 6.13. The van der Waals surface area contributed by atoms with Crippen molar-refractivity contribution in [3.63, 3.8) is 0 Å². The maximum atomic E-state index is 6.13. The Morgan fingerprint density at radius 3 is 1.56 bits per heavy atom. The molecule has 0 saturated heterocycles. The standard InChI is InChI=1S/C12H4Cl6/c13-5-1-10(17)12(11(18)2-5)6-3-8(15)9(16)4-7(6)14/h1-4H. The van der Waals surface area contributed by atoms with E-state index in [1.165, 1.54) is 0 Å². The summed E-state index contributed by atoms with van der Waals surface area (Å²) in [6, 6.07) is 6.33. The molecule has 0 spiro atoms. The van der Waals surface area contributed by atoms with Crippen molar-refractivity contribution >= 4 is 69.6 Å². The van der Waals surface area contributed by atoms with E-state index in [4.69, 9.17) is 69.6 Å². The molecule has 0 heterocycles. The molecule has 0 unspecified atom stereocenters. The summed E-state index contributed by atoms with van der Waals surface area (Å²) < 4.78 is 0. The van der Waals surface area contributed by atoms with Crippen LogP contribution in [0, 0.1) is 0 Å². The Morgan fingerprint density at radius 2 is 1.00 bits per heavy atom. The van der Waals surface area contributed by atoms with E-state index >= 15 is 0 Å². The molecule has 0 saturated carbocycles. The molecule has 2 aromatic carbocycles. The van der Waals surface area contributed by atoms with Crippen LogP contribution in [-0.4, -0.2) is 0 Å². The van der Waals surface area contributed by atoms with Crippen LogP contribution in [0.2, 0.25) is 30.1 Å². The van der Waals surface area contributed by atoms with Gasteiger partial charge in [-0.1, -0.05) is 69.6 Å². The zero-order chi connectivity index (χ0) is 13.4. The Balaban J connectivity index is 2.73. The molecule has 0 bridgehead atoms. The van der Waals surface area contributed by atoms with Crippen molar-refractivity contribution in [2.45, 2.75) is 0 Å². The molecule has 0 aliphatic rings. The van der Waals surface area contributed by atoms with Crippen LogP contribution in [0.4, 0.5) is 0 Å². The van der Waals surface area contributed by atoms with E-state index in [2.05, 4.69) is 0 Å². The smallest absolute Gasteiger partial charge is 0.0607 e. The fraction of sp³-hybridized carbons (Fsp3) is 0. The van der Waals surface area contributed by atoms with Crippen molar-refractivity contribution in [3.8, 4) is 11.1 Å². The molecule has 0 radical (unpaired) electrons. The third-order valence-electron chi connectivity index (χ3n) is 2.29. The van der Waals surface area contributed by atoms with Crippen molar-refractivity contribution in [2.75, 3.05) is 0 Å². The molecule has 2 rings (SSSR count). The van der Waals surface area contributed by atoms with Crippen molar-refractivity contribution in [2.24, 2.45) is 0 Å². The minimum absolute atomic E-state index is 0.367. The average molecular weight is 361 g/mol. The molecule has 0 fully saturated rings. The lowest BCUT2D eigenvalue weighted by Gasteiger charge is -2.11. The normalized spacial score (nSPS) is 10.8. The lowest BCUT2D eigenvalue weighted by Crippen LogP contribution is -1.85. The van der Waals surface area contributed by atoms with Gasteiger partial charge < -0.3 is 0 Å². The second kappa shape index (κ2) is 5.66. The van der Waals surface area contributed by atoms with Crippen LogP contribution in [0.1, 0.15) is 0 Å². The first-order valence-corrected chi connectivity index (χ1v) is 6.96. The zero-order valence-electron chi connectivity index (χ0n) is 8.58. The maximum Gasteiger partial charge on any atom is 0.0607 e. The first-order chi connectivity index (χ1) is 8.40. The third kappa shape index (κ3) is 2.85. The summed E-state index contributed by atoms with van der Waals surface area (Å²) in [6.07, 6.45) is 0. The Bertz CT molecular complexity index is 597. The second-order valence-electron chi connectivity index (χ2n) is 3.49.